The van der Waals surface area contributed by atoms with E-state index >= 15 is 4.39 Å². The number of benzene rings is 2. The first-order valence-corrected chi connectivity index (χ1v) is 16.0. The Hall–Kier alpha value is -5.08. The van der Waals surface area contributed by atoms with Gasteiger partial charge in [0.25, 0.3) is 0 Å². The van der Waals surface area contributed by atoms with E-state index in [0.29, 0.717) is 51.0 Å². The van der Waals surface area contributed by atoms with Crippen molar-refractivity contribution in [1.29, 1.82) is 0 Å². The van der Waals surface area contributed by atoms with Gasteiger partial charge in [-0.15, -0.1) is 0 Å². The van der Waals surface area contributed by atoms with E-state index in [1.807, 2.05) is 6.92 Å². The topological polar surface area (TPSA) is 158 Å². The lowest BCUT2D eigenvalue weighted by Gasteiger charge is -2.08. The molecule has 45 heavy (non-hydrogen) atoms. The lowest BCUT2D eigenvalue weighted by Crippen LogP contribution is -2.21. The molecule has 0 radical (unpaired) electrons. The first-order valence-electron chi connectivity index (χ1n) is 14.1. The summed E-state index contributed by atoms with van der Waals surface area (Å²) < 4.78 is 56.3. The molecule has 11 nitrogen and oxygen atoms in total. The molecular formula is C31H28F2N8O3S. The van der Waals surface area contributed by atoms with Gasteiger partial charge in [0.2, 0.25) is 15.9 Å². The number of H-pyrrole nitrogens is 2. The fraction of sp³-hybridized carbons (Fsp3) is 0.194. The van der Waals surface area contributed by atoms with Gasteiger partial charge in [0.15, 0.2) is 11.5 Å². The summed E-state index contributed by atoms with van der Waals surface area (Å²) >= 11 is 0. The maximum atomic E-state index is 16.2. The van der Waals surface area contributed by atoms with E-state index in [4.69, 9.17) is 0 Å². The zero-order chi connectivity index (χ0) is 31.7. The van der Waals surface area contributed by atoms with Crippen LogP contribution in [0.4, 0.5) is 14.5 Å². The number of pyridine rings is 2. The summed E-state index contributed by atoms with van der Waals surface area (Å²) in [5, 5.41) is 10.2. The SMILES string of the molecule is CCCCC(=O)Nc1cncc(-c2ccc3[nH]nc(-c4nc5nccc(-c6cc(F)cc(CNS(C)(=O)=O)c6)c5[nH]4)c3c2F)c1. The van der Waals surface area contributed by atoms with Crippen LogP contribution >= 0.6 is 0 Å². The monoisotopic (exact) mass is 630 g/mol. The van der Waals surface area contributed by atoms with Gasteiger partial charge in [-0.05, 0) is 60.0 Å². The minimum absolute atomic E-state index is 0.0867. The molecule has 6 rings (SSSR count). The average Bonchev–Trinajstić information content (AvgIpc) is 3.63. The molecule has 0 aliphatic carbocycles. The van der Waals surface area contributed by atoms with Crippen molar-refractivity contribution in [1.82, 2.24) is 34.9 Å². The number of sulfonamides is 1. The van der Waals surface area contributed by atoms with Crippen LogP contribution in [0.1, 0.15) is 31.7 Å². The fourth-order valence-electron chi connectivity index (χ4n) is 5.07. The van der Waals surface area contributed by atoms with Crippen LogP contribution in [0.2, 0.25) is 0 Å². The summed E-state index contributed by atoms with van der Waals surface area (Å²) in [6.07, 6.45) is 7.61. The quantitative estimate of drug-likeness (QED) is 0.151. The second-order valence-corrected chi connectivity index (χ2v) is 12.5. The number of amides is 1. The van der Waals surface area contributed by atoms with Crippen LogP contribution in [0.15, 0.2) is 61.1 Å². The molecule has 0 saturated heterocycles. The number of unbranched alkanes of at least 4 members (excludes halogenated alkanes) is 1. The minimum Gasteiger partial charge on any atom is -0.335 e. The molecule has 4 heterocycles. The average molecular weight is 631 g/mol. The Labute approximate surface area is 256 Å². The number of halogens is 2. The highest BCUT2D eigenvalue weighted by Gasteiger charge is 2.21. The second kappa shape index (κ2) is 12.1. The van der Waals surface area contributed by atoms with Gasteiger partial charge < -0.3 is 10.3 Å². The highest BCUT2D eigenvalue weighted by molar-refractivity contribution is 7.88. The summed E-state index contributed by atoms with van der Waals surface area (Å²) in [7, 11) is -3.48. The van der Waals surface area contributed by atoms with Crippen LogP contribution in [0.25, 0.3) is 55.8 Å². The van der Waals surface area contributed by atoms with Crippen molar-refractivity contribution in [2.24, 2.45) is 0 Å². The molecule has 2 aromatic carbocycles. The van der Waals surface area contributed by atoms with Crippen molar-refractivity contribution in [2.45, 2.75) is 32.7 Å². The maximum absolute atomic E-state index is 16.2. The fourth-order valence-corrected chi connectivity index (χ4v) is 5.50. The van der Waals surface area contributed by atoms with E-state index in [-0.39, 0.29) is 34.9 Å². The summed E-state index contributed by atoms with van der Waals surface area (Å²) in [5.41, 5.74) is 4.04. The number of fused-ring (bicyclic) bond motifs is 2. The Balaban J connectivity index is 1.38. The van der Waals surface area contributed by atoms with Gasteiger partial charge >= 0.3 is 0 Å². The summed E-state index contributed by atoms with van der Waals surface area (Å²) in [6.45, 7) is 1.92. The lowest BCUT2D eigenvalue weighted by atomic mass is 10.0. The molecule has 0 spiro atoms. The van der Waals surface area contributed by atoms with Gasteiger partial charge in [-0.1, -0.05) is 13.3 Å². The molecule has 0 atom stereocenters. The summed E-state index contributed by atoms with van der Waals surface area (Å²) in [5.74, 6) is -1.01. The van der Waals surface area contributed by atoms with Gasteiger partial charge in [-0.2, -0.15) is 5.10 Å². The number of imidazole rings is 1. The molecule has 0 saturated carbocycles. The number of nitrogens with one attached hydrogen (secondary N) is 4. The van der Waals surface area contributed by atoms with Crippen molar-refractivity contribution in [3.63, 3.8) is 0 Å². The van der Waals surface area contributed by atoms with E-state index in [9.17, 15) is 17.6 Å². The van der Waals surface area contributed by atoms with Crippen LogP contribution in [-0.2, 0) is 21.4 Å². The predicted octanol–water partition coefficient (Wildman–Crippen LogP) is 5.69. The van der Waals surface area contributed by atoms with E-state index in [0.717, 1.165) is 19.1 Å². The largest absolute Gasteiger partial charge is 0.335 e. The number of aromatic nitrogens is 6. The van der Waals surface area contributed by atoms with Crippen LogP contribution in [0.5, 0.6) is 0 Å². The number of hydrogen-bond donors (Lipinski definition) is 4. The minimum atomic E-state index is -3.48. The molecule has 0 aliphatic heterocycles. The Morgan fingerprint density at radius 1 is 1.02 bits per heavy atom. The number of anilines is 1. The standard InChI is InChI=1S/C31H28F2N8O3S/c1-3-4-5-25(42)37-21-13-19(15-34-16-21)22-6-7-24-26(27(22)33)29(41-40-24)31-38-28-23(8-9-35-30(28)39-31)18-10-17(11-20(32)12-18)14-36-45(2,43)44/h6-13,15-16,36H,3-5,14H2,1-2H3,(H,37,42)(H,40,41)(H,35,38,39). The summed E-state index contributed by atoms with van der Waals surface area (Å²) in [6, 6.07) is 10.9. The lowest BCUT2D eigenvalue weighted by molar-refractivity contribution is -0.116. The number of carbonyl (C=O) groups excluding carboxylic acids is 1. The molecule has 0 fully saturated rings. The summed E-state index contributed by atoms with van der Waals surface area (Å²) in [4.78, 5) is 28.5. The first-order chi connectivity index (χ1) is 21.6. The number of nitrogens with zero attached hydrogens (tertiary/aromatic N) is 4. The highest BCUT2D eigenvalue weighted by atomic mass is 32.2. The number of rotatable bonds is 10. The van der Waals surface area contributed by atoms with Gasteiger partial charge in [-0.25, -0.2) is 31.9 Å². The molecule has 6 aromatic rings. The van der Waals surface area contributed by atoms with E-state index in [2.05, 4.69) is 40.2 Å². The third kappa shape index (κ3) is 6.42. The molecule has 1 amide bonds. The van der Waals surface area contributed by atoms with Crippen molar-refractivity contribution in [3.05, 3.63) is 78.3 Å². The Morgan fingerprint density at radius 2 is 1.87 bits per heavy atom. The van der Waals surface area contributed by atoms with Crippen molar-refractivity contribution >= 4 is 43.7 Å². The molecule has 0 unspecified atom stereocenters. The molecule has 4 N–H and O–H groups in total. The van der Waals surface area contributed by atoms with E-state index < -0.39 is 21.7 Å². The molecule has 0 bridgehead atoms. The highest BCUT2D eigenvalue weighted by Crippen LogP contribution is 2.35. The second-order valence-electron chi connectivity index (χ2n) is 10.6. The van der Waals surface area contributed by atoms with Crippen molar-refractivity contribution in [2.75, 3.05) is 11.6 Å². The zero-order valence-corrected chi connectivity index (χ0v) is 25.1. The van der Waals surface area contributed by atoms with Crippen LogP contribution in [0, 0.1) is 11.6 Å². The van der Waals surface area contributed by atoms with Crippen LogP contribution in [0.3, 0.4) is 0 Å². The van der Waals surface area contributed by atoms with Gasteiger partial charge in [-0.3, -0.25) is 14.9 Å². The number of hydrogen-bond acceptors (Lipinski definition) is 7. The molecule has 14 heteroatoms. The third-order valence-corrected chi connectivity index (χ3v) is 7.85. The van der Waals surface area contributed by atoms with Crippen LogP contribution < -0.4 is 10.0 Å². The first kappa shape index (κ1) is 30.0. The zero-order valence-electron chi connectivity index (χ0n) is 24.3. The molecular weight excluding hydrogens is 602 g/mol. The Bertz CT molecular complexity index is 2180. The Kier molecular flexibility index (Phi) is 8.08. The van der Waals surface area contributed by atoms with Gasteiger partial charge in [0, 0.05) is 42.0 Å². The predicted molar refractivity (Wildman–Crippen MR) is 167 cm³/mol. The molecule has 4 aromatic heterocycles. The molecule has 0 aliphatic rings. The smallest absolute Gasteiger partial charge is 0.224 e. The van der Waals surface area contributed by atoms with Crippen LogP contribution in [-0.4, -0.2) is 50.7 Å². The number of aromatic amines is 2. The van der Waals surface area contributed by atoms with Crippen molar-refractivity contribution in [3.8, 4) is 33.8 Å². The van der Waals surface area contributed by atoms with Gasteiger partial charge in [0.05, 0.1) is 34.6 Å². The van der Waals surface area contributed by atoms with Crippen molar-refractivity contribution < 1.29 is 22.0 Å². The number of carbonyl (C=O) groups is 1. The third-order valence-electron chi connectivity index (χ3n) is 7.18. The van der Waals surface area contributed by atoms with Gasteiger partial charge in [0.1, 0.15) is 17.3 Å². The van der Waals surface area contributed by atoms with E-state index in [1.54, 1.807) is 30.3 Å². The molecule has 230 valence electrons. The maximum Gasteiger partial charge on any atom is 0.224 e. The van der Waals surface area contributed by atoms with E-state index in [1.165, 1.54) is 30.7 Å². The Morgan fingerprint density at radius 3 is 2.67 bits per heavy atom. The normalized spacial score (nSPS) is 11.8.